The molecule has 10 heteroatoms. The van der Waals surface area contributed by atoms with E-state index in [0.717, 1.165) is 23.8 Å². The van der Waals surface area contributed by atoms with Crippen molar-refractivity contribution in [2.24, 2.45) is 0 Å². The molecule has 18 heavy (non-hydrogen) atoms. The molecule has 96 valence electrons. The van der Waals surface area contributed by atoms with Gasteiger partial charge in [-0.1, -0.05) is 5.16 Å². The summed E-state index contributed by atoms with van der Waals surface area (Å²) in [7, 11) is -3.77. The monoisotopic (exact) mass is 289 g/mol. The van der Waals surface area contributed by atoms with Crippen LogP contribution in [0.3, 0.4) is 0 Å². The highest BCUT2D eigenvalue weighted by Crippen LogP contribution is 2.19. The first kappa shape index (κ1) is 12.7. The summed E-state index contributed by atoms with van der Waals surface area (Å²) in [6, 6.07) is 1.09. The van der Waals surface area contributed by atoms with Crippen molar-refractivity contribution in [1.29, 1.82) is 0 Å². The van der Waals surface area contributed by atoms with Crippen molar-refractivity contribution in [2.75, 3.05) is 0 Å². The summed E-state index contributed by atoms with van der Waals surface area (Å²) in [5.74, 6) is -0.980. The van der Waals surface area contributed by atoms with E-state index < -0.39 is 16.0 Å². The lowest BCUT2D eigenvalue weighted by molar-refractivity contribution is 0.0702. The molecule has 0 atom stereocenters. The van der Waals surface area contributed by atoms with E-state index in [-0.39, 0.29) is 22.1 Å². The Morgan fingerprint density at radius 1 is 1.56 bits per heavy atom. The average Bonchev–Trinajstić information content (AvgIpc) is 2.98. The molecular formula is C8H7N3O5S2. The second kappa shape index (κ2) is 4.84. The molecule has 0 fully saturated rings. The van der Waals surface area contributed by atoms with Gasteiger partial charge in [0.2, 0.25) is 16.4 Å². The van der Waals surface area contributed by atoms with Gasteiger partial charge in [0.1, 0.15) is 4.88 Å². The molecule has 2 aromatic heterocycles. The second-order valence-electron chi connectivity index (χ2n) is 3.12. The predicted molar refractivity (Wildman–Crippen MR) is 59.6 cm³/mol. The number of hydrogen-bond donors (Lipinski definition) is 2. The van der Waals surface area contributed by atoms with Crippen LogP contribution in [0.25, 0.3) is 0 Å². The SMILES string of the molecule is O=C(O)c1cc(S(=O)(=O)NCc2ncon2)cs1. The molecule has 2 heterocycles. The van der Waals surface area contributed by atoms with Crippen molar-refractivity contribution in [3.63, 3.8) is 0 Å². The first-order valence-electron chi connectivity index (χ1n) is 4.56. The van der Waals surface area contributed by atoms with Crippen LogP contribution >= 0.6 is 11.3 Å². The van der Waals surface area contributed by atoms with Crippen LogP contribution in [0.2, 0.25) is 0 Å². The molecule has 0 unspecified atom stereocenters. The number of nitrogens with one attached hydrogen (secondary N) is 1. The molecule has 0 aromatic carbocycles. The van der Waals surface area contributed by atoms with Crippen LogP contribution in [0.4, 0.5) is 0 Å². The van der Waals surface area contributed by atoms with Gasteiger partial charge in [0.15, 0.2) is 5.82 Å². The molecular weight excluding hydrogens is 282 g/mol. The van der Waals surface area contributed by atoms with Gasteiger partial charge in [-0.15, -0.1) is 11.3 Å². The van der Waals surface area contributed by atoms with E-state index in [4.69, 9.17) is 5.11 Å². The van der Waals surface area contributed by atoms with Gasteiger partial charge in [-0.25, -0.2) is 17.9 Å². The molecule has 0 amide bonds. The number of carboxylic acid groups (broad SMARTS) is 1. The standard InChI is InChI=1S/C8H7N3O5S2/c12-8(13)6-1-5(3-17-6)18(14,15)10-2-7-9-4-16-11-7/h1,3-4,10H,2H2,(H,12,13). The summed E-state index contributed by atoms with van der Waals surface area (Å²) in [5, 5.41) is 13.4. The minimum Gasteiger partial charge on any atom is -0.477 e. The average molecular weight is 289 g/mol. The van der Waals surface area contributed by atoms with Crippen molar-refractivity contribution < 1.29 is 22.8 Å². The largest absolute Gasteiger partial charge is 0.477 e. The van der Waals surface area contributed by atoms with Crippen LogP contribution < -0.4 is 4.72 Å². The maximum Gasteiger partial charge on any atom is 0.345 e. The van der Waals surface area contributed by atoms with Crippen LogP contribution in [0, 0.1) is 0 Å². The van der Waals surface area contributed by atoms with Crippen molar-refractivity contribution in [2.45, 2.75) is 11.4 Å². The number of carbonyl (C=O) groups is 1. The van der Waals surface area contributed by atoms with Crippen LogP contribution in [-0.2, 0) is 16.6 Å². The Hall–Kier alpha value is -1.78. The maximum atomic E-state index is 11.8. The van der Waals surface area contributed by atoms with E-state index in [1.165, 1.54) is 5.38 Å². The molecule has 0 aliphatic heterocycles. The van der Waals surface area contributed by atoms with Gasteiger partial charge in [0, 0.05) is 5.38 Å². The summed E-state index contributed by atoms with van der Waals surface area (Å²) in [4.78, 5) is 14.1. The van der Waals surface area contributed by atoms with Crippen LogP contribution in [0.5, 0.6) is 0 Å². The predicted octanol–water partition coefficient (Wildman–Crippen LogP) is 0.308. The van der Waals surface area contributed by atoms with Crippen molar-refractivity contribution in [1.82, 2.24) is 14.9 Å². The van der Waals surface area contributed by atoms with Crippen molar-refractivity contribution >= 4 is 27.3 Å². The molecule has 0 spiro atoms. The summed E-state index contributed by atoms with van der Waals surface area (Å²) < 4.78 is 30.2. The Morgan fingerprint density at radius 3 is 2.89 bits per heavy atom. The summed E-state index contributed by atoms with van der Waals surface area (Å²) >= 11 is 0.839. The molecule has 2 rings (SSSR count). The normalized spacial score (nSPS) is 11.6. The Kier molecular flexibility index (Phi) is 3.41. The lowest BCUT2D eigenvalue weighted by atomic mass is 10.5. The van der Waals surface area contributed by atoms with Gasteiger partial charge >= 0.3 is 5.97 Å². The van der Waals surface area contributed by atoms with Gasteiger partial charge in [0.05, 0.1) is 11.4 Å². The third-order valence-electron chi connectivity index (χ3n) is 1.92. The number of carboxylic acids is 1. The van der Waals surface area contributed by atoms with Gasteiger partial charge < -0.3 is 9.63 Å². The fraction of sp³-hybridized carbons (Fsp3) is 0.125. The zero-order chi connectivity index (χ0) is 13.2. The van der Waals surface area contributed by atoms with Crippen LogP contribution in [0.15, 0.2) is 27.3 Å². The maximum absolute atomic E-state index is 11.8. The van der Waals surface area contributed by atoms with E-state index in [1.54, 1.807) is 0 Å². The quantitative estimate of drug-likeness (QED) is 0.811. The van der Waals surface area contributed by atoms with Gasteiger partial charge in [-0.05, 0) is 6.07 Å². The molecule has 0 aliphatic carbocycles. The van der Waals surface area contributed by atoms with Crippen molar-refractivity contribution in [3.8, 4) is 0 Å². The summed E-state index contributed by atoms with van der Waals surface area (Å²) in [5.41, 5.74) is 0. The molecule has 8 nitrogen and oxygen atoms in total. The third-order valence-corrected chi connectivity index (χ3v) is 4.37. The van der Waals surface area contributed by atoms with Crippen LogP contribution in [-0.4, -0.2) is 29.6 Å². The minimum absolute atomic E-state index is 0.0464. The Bertz CT molecular complexity index is 646. The minimum atomic E-state index is -3.77. The number of thiophene rings is 1. The van der Waals surface area contributed by atoms with E-state index >= 15 is 0 Å². The molecule has 0 aliphatic rings. The van der Waals surface area contributed by atoms with Crippen LogP contribution in [0.1, 0.15) is 15.5 Å². The number of sulfonamides is 1. The fourth-order valence-corrected chi connectivity index (χ4v) is 3.18. The number of aromatic carboxylic acids is 1. The zero-order valence-corrected chi connectivity index (χ0v) is 10.4. The highest BCUT2D eigenvalue weighted by atomic mass is 32.2. The topological polar surface area (TPSA) is 122 Å². The lowest BCUT2D eigenvalue weighted by Crippen LogP contribution is -2.23. The molecule has 0 saturated carbocycles. The first-order valence-corrected chi connectivity index (χ1v) is 6.92. The number of rotatable bonds is 5. The van der Waals surface area contributed by atoms with E-state index in [9.17, 15) is 13.2 Å². The summed E-state index contributed by atoms with van der Waals surface area (Å²) in [6.07, 6.45) is 1.08. The Balaban J connectivity index is 2.12. The number of hydrogen-bond acceptors (Lipinski definition) is 7. The van der Waals surface area contributed by atoms with E-state index in [2.05, 4.69) is 19.4 Å². The highest BCUT2D eigenvalue weighted by Gasteiger charge is 2.18. The zero-order valence-electron chi connectivity index (χ0n) is 8.73. The first-order chi connectivity index (χ1) is 8.49. The molecule has 0 saturated heterocycles. The van der Waals surface area contributed by atoms with Gasteiger partial charge in [-0.2, -0.15) is 4.98 Å². The number of nitrogens with zero attached hydrogens (tertiary/aromatic N) is 2. The second-order valence-corrected chi connectivity index (χ2v) is 5.80. The fourth-order valence-electron chi connectivity index (χ4n) is 1.09. The third kappa shape index (κ3) is 2.72. The van der Waals surface area contributed by atoms with Crippen molar-refractivity contribution in [3.05, 3.63) is 28.5 Å². The highest BCUT2D eigenvalue weighted by molar-refractivity contribution is 7.89. The van der Waals surface area contributed by atoms with Gasteiger partial charge in [-0.3, -0.25) is 0 Å². The summed E-state index contributed by atoms with van der Waals surface area (Å²) in [6.45, 7) is -0.128. The molecule has 0 bridgehead atoms. The molecule has 2 aromatic rings. The lowest BCUT2D eigenvalue weighted by Gasteiger charge is -2.01. The number of aromatic nitrogens is 2. The van der Waals surface area contributed by atoms with E-state index in [1.807, 2.05) is 0 Å². The Labute approximate surface area is 105 Å². The Morgan fingerprint density at radius 2 is 2.33 bits per heavy atom. The molecule has 2 N–H and O–H groups in total. The molecule has 0 radical (unpaired) electrons. The van der Waals surface area contributed by atoms with Gasteiger partial charge in [0.25, 0.3) is 0 Å². The van der Waals surface area contributed by atoms with E-state index in [0.29, 0.717) is 0 Å². The smallest absolute Gasteiger partial charge is 0.345 e.